The van der Waals surface area contributed by atoms with Gasteiger partial charge >= 0.3 is 0 Å². The number of rotatable bonds is 5. The van der Waals surface area contributed by atoms with Crippen molar-refractivity contribution in [2.45, 2.75) is 32.3 Å². The fourth-order valence-electron chi connectivity index (χ4n) is 3.97. The monoisotopic (exact) mass is 410 g/mol. The topological polar surface area (TPSA) is 84.9 Å². The first-order chi connectivity index (χ1) is 14.5. The summed E-state index contributed by atoms with van der Waals surface area (Å²) in [6.45, 7) is 3.52. The van der Waals surface area contributed by atoms with Gasteiger partial charge in [-0.15, -0.1) is 5.10 Å². The molecule has 1 aromatic carbocycles. The highest BCUT2D eigenvalue weighted by atomic mass is 16.5. The quantitative estimate of drug-likeness (QED) is 0.751. The molecule has 0 aliphatic carbocycles. The molecule has 30 heavy (non-hydrogen) atoms. The Morgan fingerprint density at radius 2 is 1.93 bits per heavy atom. The minimum Gasteiger partial charge on any atom is -0.497 e. The molecule has 2 aliphatic rings. The van der Waals surface area contributed by atoms with Crippen LogP contribution in [0.3, 0.4) is 0 Å². The second-order valence-electron chi connectivity index (χ2n) is 7.76. The number of methoxy groups -OCH3 is 1. The van der Waals surface area contributed by atoms with Gasteiger partial charge in [-0.1, -0.05) is 6.07 Å². The number of carbonyl (C=O) groups is 2. The van der Waals surface area contributed by atoms with Crippen molar-refractivity contribution in [3.63, 3.8) is 0 Å². The van der Waals surface area contributed by atoms with Crippen LogP contribution in [0.5, 0.6) is 11.6 Å². The molecule has 1 atom stereocenters. The van der Waals surface area contributed by atoms with Crippen molar-refractivity contribution in [2.24, 2.45) is 5.92 Å². The molecule has 2 fully saturated rings. The number of likely N-dealkylation sites (tertiary alicyclic amines) is 1. The van der Waals surface area contributed by atoms with Gasteiger partial charge < -0.3 is 19.3 Å². The summed E-state index contributed by atoms with van der Waals surface area (Å²) in [5, 5.41) is 8.05. The number of hydrogen-bond acceptors (Lipinski definition) is 6. The van der Waals surface area contributed by atoms with Crippen LogP contribution in [-0.2, 0) is 9.59 Å². The molecule has 8 heteroatoms. The van der Waals surface area contributed by atoms with E-state index in [1.807, 2.05) is 48.2 Å². The van der Waals surface area contributed by atoms with Crippen LogP contribution < -0.4 is 14.4 Å². The van der Waals surface area contributed by atoms with E-state index in [0.717, 1.165) is 24.2 Å². The molecule has 0 radical (unpaired) electrons. The van der Waals surface area contributed by atoms with E-state index in [0.29, 0.717) is 31.3 Å². The van der Waals surface area contributed by atoms with E-state index in [9.17, 15) is 9.59 Å². The third kappa shape index (κ3) is 4.37. The van der Waals surface area contributed by atoms with E-state index < -0.39 is 0 Å². The highest BCUT2D eigenvalue weighted by Gasteiger charge is 2.38. The summed E-state index contributed by atoms with van der Waals surface area (Å²) in [6, 6.07) is 11.1. The average Bonchev–Trinajstić information content (AvgIpc) is 3.17. The molecule has 2 aliphatic heterocycles. The number of amides is 2. The molecule has 0 saturated carbocycles. The first-order valence-corrected chi connectivity index (χ1v) is 10.2. The fourth-order valence-corrected chi connectivity index (χ4v) is 3.97. The maximum absolute atomic E-state index is 13.0. The molecule has 1 aromatic heterocycles. The van der Waals surface area contributed by atoms with Crippen molar-refractivity contribution in [2.75, 3.05) is 31.6 Å². The number of ether oxygens (including phenoxy) is 2. The molecule has 0 spiro atoms. The van der Waals surface area contributed by atoms with Crippen molar-refractivity contribution >= 4 is 17.5 Å². The number of piperidine rings is 1. The fraction of sp³-hybridized carbons (Fsp3) is 0.455. The van der Waals surface area contributed by atoms with Gasteiger partial charge in [0, 0.05) is 56.7 Å². The normalized spacial score (nSPS) is 19.8. The summed E-state index contributed by atoms with van der Waals surface area (Å²) in [4.78, 5) is 29.1. The van der Waals surface area contributed by atoms with Crippen molar-refractivity contribution in [1.82, 2.24) is 15.1 Å². The van der Waals surface area contributed by atoms with Gasteiger partial charge in [0.1, 0.15) is 11.9 Å². The molecule has 3 heterocycles. The molecule has 0 N–H and O–H groups in total. The molecular formula is C22H26N4O4. The van der Waals surface area contributed by atoms with E-state index in [1.165, 1.54) is 0 Å². The number of carbonyl (C=O) groups excluding carboxylic acids is 2. The van der Waals surface area contributed by atoms with Crippen molar-refractivity contribution < 1.29 is 19.1 Å². The summed E-state index contributed by atoms with van der Waals surface area (Å²) in [5.74, 6) is 0.903. The lowest BCUT2D eigenvalue weighted by Gasteiger charge is -2.33. The van der Waals surface area contributed by atoms with E-state index >= 15 is 0 Å². The zero-order valence-corrected chi connectivity index (χ0v) is 17.3. The summed E-state index contributed by atoms with van der Waals surface area (Å²) < 4.78 is 11.1. The van der Waals surface area contributed by atoms with Crippen LogP contribution in [0, 0.1) is 12.8 Å². The molecular weight excluding hydrogens is 384 g/mol. The first kappa shape index (κ1) is 20.1. The van der Waals surface area contributed by atoms with Gasteiger partial charge in [-0.25, -0.2) is 0 Å². The highest BCUT2D eigenvalue weighted by Crippen LogP contribution is 2.29. The van der Waals surface area contributed by atoms with Crippen molar-refractivity contribution in [3.05, 3.63) is 42.1 Å². The van der Waals surface area contributed by atoms with Crippen LogP contribution in [0.4, 0.5) is 5.69 Å². The predicted octanol–water partition coefficient (Wildman–Crippen LogP) is 2.22. The van der Waals surface area contributed by atoms with Gasteiger partial charge in [-0.05, 0) is 25.1 Å². The second kappa shape index (κ2) is 8.69. The third-order valence-corrected chi connectivity index (χ3v) is 5.65. The molecule has 0 bridgehead atoms. The van der Waals surface area contributed by atoms with Gasteiger partial charge in [0.2, 0.25) is 17.7 Å². The van der Waals surface area contributed by atoms with Crippen LogP contribution >= 0.6 is 0 Å². The number of hydrogen-bond donors (Lipinski definition) is 0. The number of nitrogens with zero attached hydrogens (tertiary/aromatic N) is 4. The van der Waals surface area contributed by atoms with E-state index in [-0.39, 0.29) is 30.3 Å². The summed E-state index contributed by atoms with van der Waals surface area (Å²) in [6.07, 6.45) is 1.73. The number of aromatic nitrogens is 2. The van der Waals surface area contributed by atoms with Crippen molar-refractivity contribution in [3.8, 4) is 11.6 Å². The molecule has 1 unspecified atom stereocenters. The Balaban J connectivity index is 1.32. The minimum absolute atomic E-state index is 0.0181. The van der Waals surface area contributed by atoms with Crippen molar-refractivity contribution in [1.29, 1.82) is 0 Å². The largest absolute Gasteiger partial charge is 0.497 e. The lowest BCUT2D eigenvalue weighted by molar-refractivity contribution is -0.137. The second-order valence-corrected chi connectivity index (χ2v) is 7.76. The number of anilines is 1. The van der Waals surface area contributed by atoms with Crippen LogP contribution in [-0.4, -0.2) is 59.8 Å². The molecule has 2 aromatic rings. The first-order valence-electron chi connectivity index (χ1n) is 10.2. The van der Waals surface area contributed by atoms with E-state index in [1.54, 1.807) is 12.0 Å². The Labute approximate surface area is 175 Å². The molecule has 2 amide bonds. The standard InChI is InChI=1S/C22H26N4O4/c1-15-6-7-20(24-23-15)30-18-8-10-25(11-9-18)22(28)16-12-21(27)26(14-16)17-4-3-5-19(13-17)29-2/h3-7,13,16,18H,8-12,14H2,1-2H3. The lowest BCUT2D eigenvalue weighted by atomic mass is 10.0. The molecule has 158 valence electrons. The van der Waals surface area contributed by atoms with Crippen LogP contribution in [0.2, 0.25) is 0 Å². The lowest BCUT2D eigenvalue weighted by Crippen LogP contribution is -2.45. The SMILES string of the molecule is COc1cccc(N2CC(C(=O)N3CCC(Oc4ccc(C)nn4)CC3)CC2=O)c1. The highest BCUT2D eigenvalue weighted by molar-refractivity contribution is 6.00. The maximum atomic E-state index is 13.0. The van der Waals surface area contributed by atoms with Gasteiger partial charge in [0.05, 0.1) is 18.7 Å². The van der Waals surface area contributed by atoms with Crippen LogP contribution in [0.15, 0.2) is 36.4 Å². The summed E-state index contributed by atoms with van der Waals surface area (Å²) >= 11 is 0. The van der Waals surface area contributed by atoms with E-state index in [2.05, 4.69) is 10.2 Å². The van der Waals surface area contributed by atoms with Crippen LogP contribution in [0.25, 0.3) is 0 Å². The Kier molecular flexibility index (Phi) is 5.83. The Morgan fingerprint density at radius 3 is 2.63 bits per heavy atom. The zero-order chi connectivity index (χ0) is 21.1. The summed E-state index contributed by atoms with van der Waals surface area (Å²) in [5.41, 5.74) is 1.61. The Hall–Kier alpha value is -3.16. The van der Waals surface area contributed by atoms with Gasteiger partial charge in [0.25, 0.3) is 0 Å². The van der Waals surface area contributed by atoms with Gasteiger partial charge in [-0.3, -0.25) is 9.59 Å². The summed E-state index contributed by atoms with van der Waals surface area (Å²) in [7, 11) is 1.59. The van der Waals surface area contributed by atoms with Gasteiger partial charge in [0.15, 0.2) is 0 Å². The zero-order valence-electron chi connectivity index (χ0n) is 17.3. The van der Waals surface area contributed by atoms with Crippen LogP contribution in [0.1, 0.15) is 25.0 Å². The van der Waals surface area contributed by atoms with E-state index in [4.69, 9.17) is 9.47 Å². The predicted molar refractivity (Wildman–Crippen MR) is 110 cm³/mol. The maximum Gasteiger partial charge on any atom is 0.233 e. The number of benzene rings is 1. The average molecular weight is 410 g/mol. The van der Waals surface area contributed by atoms with Gasteiger partial charge in [-0.2, -0.15) is 5.10 Å². The smallest absolute Gasteiger partial charge is 0.233 e. The Morgan fingerprint density at radius 1 is 1.13 bits per heavy atom. The third-order valence-electron chi connectivity index (χ3n) is 5.65. The molecule has 8 nitrogen and oxygen atoms in total. The number of aryl methyl sites for hydroxylation is 1. The Bertz CT molecular complexity index is 910. The molecule has 4 rings (SSSR count). The minimum atomic E-state index is -0.316. The molecule has 2 saturated heterocycles.